The van der Waals surface area contributed by atoms with Gasteiger partial charge in [0.25, 0.3) is 0 Å². The van der Waals surface area contributed by atoms with Crippen molar-refractivity contribution in [2.75, 3.05) is 39.6 Å². The molecule has 0 radical (unpaired) electrons. The second-order valence-corrected chi connectivity index (χ2v) is 29.0. The summed E-state index contributed by atoms with van der Waals surface area (Å²) in [5, 5.41) is 10.6. The third-order valence-corrected chi connectivity index (χ3v) is 18.3. The molecule has 17 nitrogen and oxygen atoms in total. The van der Waals surface area contributed by atoms with Gasteiger partial charge in [-0.25, -0.2) is 9.13 Å². The van der Waals surface area contributed by atoms with Crippen LogP contribution in [0.2, 0.25) is 0 Å². The third kappa shape index (κ3) is 66.2. The Hall–Kier alpha value is -2.46. The number of rotatable bonds is 71. The van der Waals surface area contributed by atoms with E-state index in [1.165, 1.54) is 161 Å². The van der Waals surface area contributed by atoms with Gasteiger partial charge in [0.05, 0.1) is 26.4 Å². The molecule has 0 rings (SSSR count). The number of phosphoric ester groups is 2. The maximum atomic E-state index is 13.0. The first kappa shape index (κ1) is 89.5. The Morgan fingerprint density at radius 3 is 0.891 bits per heavy atom. The van der Waals surface area contributed by atoms with Crippen LogP contribution in [0.15, 0.2) is 24.3 Å². The van der Waals surface area contributed by atoms with E-state index in [9.17, 15) is 43.2 Å². The number of carbonyl (C=O) groups excluding carboxylic acids is 4. The van der Waals surface area contributed by atoms with Crippen molar-refractivity contribution in [3.05, 3.63) is 24.3 Å². The number of allylic oxidation sites excluding steroid dienone is 4. The molecule has 19 heteroatoms. The Labute approximate surface area is 561 Å². The molecule has 0 aromatic heterocycles. The van der Waals surface area contributed by atoms with Crippen LogP contribution in [0.1, 0.15) is 356 Å². The maximum absolute atomic E-state index is 13.0. The largest absolute Gasteiger partial charge is 0.472 e. The fourth-order valence-corrected chi connectivity index (χ4v) is 12.2. The first-order chi connectivity index (χ1) is 44.5. The van der Waals surface area contributed by atoms with E-state index in [2.05, 4.69) is 58.9 Å². The second-order valence-electron chi connectivity index (χ2n) is 26.1. The Morgan fingerprint density at radius 2 is 0.587 bits per heavy atom. The summed E-state index contributed by atoms with van der Waals surface area (Å²) >= 11 is 0. The van der Waals surface area contributed by atoms with Gasteiger partial charge in [-0.05, 0) is 57.3 Å². The molecule has 0 saturated carbocycles. The lowest BCUT2D eigenvalue weighted by molar-refractivity contribution is -0.161. The van der Waals surface area contributed by atoms with Crippen molar-refractivity contribution < 1.29 is 80.2 Å². The predicted molar refractivity (Wildman–Crippen MR) is 372 cm³/mol. The lowest BCUT2D eigenvalue weighted by Crippen LogP contribution is -2.30. The Balaban J connectivity index is 5.18. The van der Waals surface area contributed by atoms with Crippen LogP contribution >= 0.6 is 15.6 Å². The minimum absolute atomic E-state index is 0.0843. The molecule has 0 amide bonds. The van der Waals surface area contributed by atoms with Crippen LogP contribution in [-0.2, 0) is 65.4 Å². The molecule has 5 atom stereocenters. The standard InChI is InChI=1S/C73H138O17P2/c1-6-9-12-15-17-19-21-23-25-27-30-34-38-42-47-52-57-71(76)84-63-69(90-73(78)59-54-49-44-40-36-32-28-29-33-37-41-46-50-55-66(4)5)65-88-92(81,82)86-61-67(74)60-85-91(79,80)87-64-68(62-83-70(75)56-51-45-14-11-8-3)89-72(77)58-53-48-43-39-35-31-26-24-22-20-18-16-13-10-7-2/h20,22,24,26,66-69,74H,6-19,21,23,25,27-65H2,1-5H3,(H,79,80)(H,81,82)/b22-20-,26-24-/t67-,68+,69+/m0/s1. The molecule has 0 aliphatic rings. The highest BCUT2D eigenvalue weighted by Gasteiger charge is 2.30. The van der Waals surface area contributed by atoms with Crippen LogP contribution in [0.5, 0.6) is 0 Å². The number of aliphatic hydroxyl groups is 1. The highest BCUT2D eigenvalue weighted by Crippen LogP contribution is 2.45. The van der Waals surface area contributed by atoms with Crippen LogP contribution in [0.4, 0.5) is 0 Å². The van der Waals surface area contributed by atoms with E-state index >= 15 is 0 Å². The van der Waals surface area contributed by atoms with Crippen molar-refractivity contribution in [3.8, 4) is 0 Å². The summed E-state index contributed by atoms with van der Waals surface area (Å²) in [7, 11) is -9.91. The summed E-state index contributed by atoms with van der Waals surface area (Å²) in [6.45, 7) is 7.13. The monoisotopic (exact) mass is 1350 g/mol. The molecular formula is C73H138O17P2. The first-order valence-corrected chi connectivity index (χ1v) is 40.4. The SMILES string of the molecule is CCCCCC/C=C\C=C/CCCCCCCC(=O)O[C@H](COC(=O)CCCCCCC)COP(=O)(O)OC[C@H](O)COP(=O)(O)OC[C@@H](COC(=O)CCCCCCCCCCCCCCCCCC)OC(=O)CCCCCCCCCCCCCCCC(C)C. The lowest BCUT2D eigenvalue weighted by Gasteiger charge is -2.21. The number of phosphoric acid groups is 2. The zero-order valence-corrected chi connectivity index (χ0v) is 61.0. The van der Waals surface area contributed by atoms with E-state index in [1.807, 2.05) is 0 Å². The van der Waals surface area contributed by atoms with E-state index in [0.717, 1.165) is 115 Å². The molecular weight excluding hydrogens is 1210 g/mol. The Bertz CT molecular complexity index is 1860. The second kappa shape index (κ2) is 65.8. The minimum atomic E-state index is -4.96. The number of unbranched alkanes of at least 4 members (excludes halogenated alkanes) is 40. The highest BCUT2D eigenvalue weighted by molar-refractivity contribution is 7.47. The summed E-state index contributed by atoms with van der Waals surface area (Å²) < 4.78 is 68.2. The van der Waals surface area contributed by atoms with Crippen LogP contribution in [-0.4, -0.2) is 96.7 Å². The van der Waals surface area contributed by atoms with Crippen LogP contribution in [0.25, 0.3) is 0 Å². The molecule has 0 fully saturated rings. The summed E-state index contributed by atoms with van der Waals surface area (Å²) in [5.74, 6) is -1.37. The molecule has 3 N–H and O–H groups in total. The maximum Gasteiger partial charge on any atom is 0.472 e. The predicted octanol–water partition coefficient (Wildman–Crippen LogP) is 20.9. The van der Waals surface area contributed by atoms with E-state index in [4.69, 9.17) is 37.0 Å². The van der Waals surface area contributed by atoms with Gasteiger partial charge in [0, 0.05) is 25.7 Å². The van der Waals surface area contributed by atoms with Gasteiger partial charge in [-0.2, -0.15) is 0 Å². The quantitative estimate of drug-likeness (QED) is 0.0169. The fraction of sp³-hybridized carbons (Fsp3) is 0.890. The summed E-state index contributed by atoms with van der Waals surface area (Å²) in [4.78, 5) is 72.4. The molecule has 0 bridgehead atoms. The van der Waals surface area contributed by atoms with Crippen molar-refractivity contribution in [2.24, 2.45) is 5.92 Å². The van der Waals surface area contributed by atoms with E-state index in [1.54, 1.807) is 0 Å². The summed E-state index contributed by atoms with van der Waals surface area (Å²) in [5.41, 5.74) is 0. The van der Waals surface area contributed by atoms with Gasteiger partial charge in [-0.1, -0.05) is 303 Å². The molecule has 0 aliphatic carbocycles. The van der Waals surface area contributed by atoms with Gasteiger partial charge in [0.1, 0.15) is 19.3 Å². The van der Waals surface area contributed by atoms with E-state index in [0.29, 0.717) is 25.7 Å². The molecule has 0 aromatic rings. The van der Waals surface area contributed by atoms with Crippen LogP contribution in [0.3, 0.4) is 0 Å². The van der Waals surface area contributed by atoms with Gasteiger partial charge in [0.2, 0.25) is 0 Å². The summed E-state index contributed by atoms with van der Waals surface area (Å²) in [6.07, 6.45) is 56.6. The van der Waals surface area contributed by atoms with Crippen molar-refractivity contribution in [1.29, 1.82) is 0 Å². The molecule has 0 aromatic carbocycles. The van der Waals surface area contributed by atoms with Crippen molar-refractivity contribution in [3.63, 3.8) is 0 Å². The summed E-state index contributed by atoms with van der Waals surface area (Å²) in [6, 6.07) is 0. The normalized spacial score (nSPS) is 14.2. The fourth-order valence-electron chi connectivity index (χ4n) is 10.6. The zero-order chi connectivity index (χ0) is 67.7. The molecule has 0 aliphatic heterocycles. The van der Waals surface area contributed by atoms with Gasteiger partial charge in [-0.15, -0.1) is 0 Å². The molecule has 92 heavy (non-hydrogen) atoms. The molecule has 0 heterocycles. The van der Waals surface area contributed by atoms with Gasteiger partial charge in [0.15, 0.2) is 12.2 Å². The average molecular weight is 1350 g/mol. The smallest absolute Gasteiger partial charge is 0.462 e. The van der Waals surface area contributed by atoms with E-state index < -0.39 is 97.5 Å². The number of esters is 4. The molecule has 0 saturated heterocycles. The van der Waals surface area contributed by atoms with Crippen LogP contribution < -0.4 is 0 Å². The first-order valence-electron chi connectivity index (χ1n) is 37.5. The number of aliphatic hydroxyl groups excluding tert-OH is 1. The molecule has 2 unspecified atom stereocenters. The topological polar surface area (TPSA) is 237 Å². The number of hydrogen-bond acceptors (Lipinski definition) is 15. The van der Waals surface area contributed by atoms with Crippen molar-refractivity contribution in [1.82, 2.24) is 0 Å². The van der Waals surface area contributed by atoms with Crippen LogP contribution in [0, 0.1) is 5.92 Å². The lowest BCUT2D eigenvalue weighted by atomic mass is 10.0. The molecule has 0 spiro atoms. The highest BCUT2D eigenvalue weighted by atomic mass is 31.2. The van der Waals surface area contributed by atoms with Crippen molar-refractivity contribution >= 4 is 39.5 Å². The number of carbonyl (C=O) groups is 4. The zero-order valence-electron chi connectivity index (χ0n) is 59.2. The molecule has 542 valence electrons. The van der Waals surface area contributed by atoms with Crippen molar-refractivity contribution in [2.45, 2.75) is 374 Å². The number of ether oxygens (including phenoxy) is 4. The van der Waals surface area contributed by atoms with Gasteiger partial charge >= 0.3 is 39.5 Å². The minimum Gasteiger partial charge on any atom is -0.462 e. The van der Waals surface area contributed by atoms with E-state index in [-0.39, 0.29) is 25.7 Å². The van der Waals surface area contributed by atoms with Gasteiger partial charge in [-0.3, -0.25) is 37.3 Å². The average Bonchev–Trinajstić information content (AvgIpc) is 3.19. The number of hydrogen-bond donors (Lipinski definition) is 3. The third-order valence-electron chi connectivity index (χ3n) is 16.4. The Kier molecular flexibility index (Phi) is 64.0. The Morgan fingerprint density at radius 1 is 0.337 bits per heavy atom. The van der Waals surface area contributed by atoms with Gasteiger partial charge < -0.3 is 33.8 Å².